The lowest BCUT2D eigenvalue weighted by atomic mass is 9.90. The molecule has 4 rings (SSSR count). The Balaban J connectivity index is 1.38. The van der Waals surface area contributed by atoms with Crippen LogP contribution in [-0.4, -0.2) is 50.6 Å². The van der Waals surface area contributed by atoms with Gasteiger partial charge in [-0.3, -0.25) is 9.69 Å². The Labute approximate surface area is 171 Å². The highest BCUT2D eigenvalue weighted by atomic mass is 16.4. The second-order valence-corrected chi connectivity index (χ2v) is 8.20. The van der Waals surface area contributed by atoms with Gasteiger partial charge in [0.15, 0.2) is 0 Å². The molecule has 2 aromatic rings. The molecule has 7 heteroatoms. The van der Waals surface area contributed by atoms with E-state index < -0.39 is 5.97 Å². The van der Waals surface area contributed by atoms with E-state index in [0.29, 0.717) is 11.7 Å². The zero-order valence-corrected chi connectivity index (χ0v) is 17.0. The highest BCUT2D eigenvalue weighted by Crippen LogP contribution is 2.30. The molecule has 1 unspecified atom stereocenters. The number of aliphatic carboxylic acids is 1. The number of aryl methyl sites for hydroxylation is 2. The van der Waals surface area contributed by atoms with Crippen LogP contribution in [0.4, 0.5) is 5.82 Å². The summed E-state index contributed by atoms with van der Waals surface area (Å²) < 4.78 is 0. The van der Waals surface area contributed by atoms with Gasteiger partial charge in [0, 0.05) is 36.2 Å². The molecule has 2 aliphatic heterocycles. The molecular formula is C22H29N5O2. The smallest absolute Gasteiger partial charge is 0.305 e. The maximum absolute atomic E-state index is 11.4. The van der Waals surface area contributed by atoms with Crippen LogP contribution in [0.5, 0.6) is 0 Å². The Kier molecular flexibility index (Phi) is 6.04. The van der Waals surface area contributed by atoms with E-state index in [2.05, 4.69) is 32.3 Å². The number of aromatic nitrogens is 3. The Morgan fingerprint density at radius 2 is 2.03 bits per heavy atom. The van der Waals surface area contributed by atoms with Crippen LogP contribution in [-0.2, 0) is 17.6 Å². The van der Waals surface area contributed by atoms with E-state index in [4.69, 9.17) is 4.98 Å². The van der Waals surface area contributed by atoms with E-state index in [1.807, 2.05) is 6.92 Å². The van der Waals surface area contributed by atoms with Crippen molar-refractivity contribution >= 4 is 11.8 Å². The van der Waals surface area contributed by atoms with E-state index >= 15 is 0 Å². The van der Waals surface area contributed by atoms with E-state index in [9.17, 15) is 9.90 Å². The zero-order valence-electron chi connectivity index (χ0n) is 17.0. The van der Waals surface area contributed by atoms with Crippen molar-refractivity contribution in [3.63, 3.8) is 0 Å². The third-order valence-corrected chi connectivity index (χ3v) is 6.09. The van der Waals surface area contributed by atoms with Crippen molar-refractivity contribution in [2.24, 2.45) is 5.92 Å². The fraction of sp³-hybridized carbons (Fsp3) is 0.545. The second-order valence-electron chi connectivity index (χ2n) is 8.20. The standard InChI is InChI=1S/C22H29N5O2/c1-15-24-13-18(14-25-15)20(12-21(28)29)27-9-6-16(7-10-27)11-19-5-4-17-3-2-8-23-22(17)26-19/h4-5,13-14,16,20H,2-3,6-12H2,1H3,(H,23,26)(H,28,29). The number of hydrogen-bond donors (Lipinski definition) is 2. The van der Waals surface area contributed by atoms with Crippen LogP contribution in [0.1, 0.15) is 54.4 Å². The third-order valence-electron chi connectivity index (χ3n) is 6.09. The van der Waals surface area contributed by atoms with Crippen molar-refractivity contribution in [3.05, 3.63) is 47.2 Å². The number of carboxylic acids is 1. The Morgan fingerprint density at radius 3 is 2.76 bits per heavy atom. The number of nitrogens with zero attached hydrogens (tertiary/aromatic N) is 4. The van der Waals surface area contributed by atoms with Crippen LogP contribution in [0.15, 0.2) is 24.5 Å². The number of hydrogen-bond acceptors (Lipinski definition) is 6. The molecule has 154 valence electrons. The molecule has 2 aromatic heterocycles. The highest BCUT2D eigenvalue weighted by molar-refractivity contribution is 5.67. The number of carbonyl (C=O) groups is 1. The van der Waals surface area contributed by atoms with E-state index in [1.165, 1.54) is 12.0 Å². The second kappa shape index (κ2) is 8.86. The molecule has 4 heterocycles. The lowest BCUT2D eigenvalue weighted by molar-refractivity contribution is -0.138. The number of pyridine rings is 1. The molecule has 29 heavy (non-hydrogen) atoms. The molecule has 1 atom stereocenters. The van der Waals surface area contributed by atoms with Crippen molar-refractivity contribution in [3.8, 4) is 0 Å². The van der Waals surface area contributed by atoms with Gasteiger partial charge in [-0.15, -0.1) is 0 Å². The monoisotopic (exact) mass is 395 g/mol. The van der Waals surface area contributed by atoms with Gasteiger partial charge >= 0.3 is 5.97 Å². The average molecular weight is 396 g/mol. The van der Waals surface area contributed by atoms with Gasteiger partial charge < -0.3 is 10.4 Å². The largest absolute Gasteiger partial charge is 0.481 e. The minimum absolute atomic E-state index is 0.0785. The van der Waals surface area contributed by atoms with Gasteiger partial charge in [-0.2, -0.15) is 0 Å². The first-order chi connectivity index (χ1) is 14.1. The SMILES string of the molecule is Cc1ncc(C(CC(=O)O)N2CCC(Cc3ccc4c(n3)NCCC4)CC2)cn1. The van der Waals surface area contributed by atoms with Gasteiger partial charge in [0.25, 0.3) is 0 Å². The quantitative estimate of drug-likeness (QED) is 0.777. The van der Waals surface area contributed by atoms with Gasteiger partial charge in [-0.05, 0) is 69.7 Å². The Bertz CT molecular complexity index is 847. The molecule has 0 aliphatic carbocycles. The molecule has 2 N–H and O–H groups in total. The van der Waals surface area contributed by atoms with Gasteiger partial charge in [0.1, 0.15) is 11.6 Å². The van der Waals surface area contributed by atoms with Gasteiger partial charge in [-0.25, -0.2) is 15.0 Å². The van der Waals surface area contributed by atoms with Crippen LogP contribution in [0.2, 0.25) is 0 Å². The summed E-state index contributed by atoms with van der Waals surface area (Å²) in [5.74, 6) is 1.56. The summed E-state index contributed by atoms with van der Waals surface area (Å²) >= 11 is 0. The van der Waals surface area contributed by atoms with Gasteiger partial charge in [0.05, 0.1) is 6.42 Å². The minimum Gasteiger partial charge on any atom is -0.481 e. The maximum Gasteiger partial charge on any atom is 0.305 e. The highest BCUT2D eigenvalue weighted by Gasteiger charge is 2.28. The fourth-order valence-corrected chi connectivity index (χ4v) is 4.44. The average Bonchev–Trinajstić information content (AvgIpc) is 2.73. The van der Waals surface area contributed by atoms with Crippen LogP contribution in [0, 0.1) is 12.8 Å². The first-order valence-electron chi connectivity index (χ1n) is 10.6. The van der Waals surface area contributed by atoms with Crippen LogP contribution in [0.3, 0.4) is 0 Å². The van der Waals surface area contributed by atoms with Gasteiger partial charge in [0.2, 0.25) is 0 Å². The van der Waals surface area contributed by atoms with Crippen molar-refractivity contribution in [2.75, 3.05) is 25.0 Å². The normalized spacial score (nSPS) is 18.7. The first kappa shape index (κ1) is 19.8. The summed E-state index contributed by atoms with van der Waals surface area (Å²) in [6.45, 7) is 4.63. The number of rotatable bonds is 6. The summed E-state index contributed by atoms with van der Waals surface area (Å²) in [7, 11) is 0. The summed E-state index contributed by atoms with van der Waals surface area (Å²) in [5, 5.41) is 12.8. The molecular weight excluding hydrogens is 366 g/mol. The molecule has 1 saturated heterocycles. The Hall–Kier alpha value is -2.54. The molecule has 0 bridgehead atoms. The molecule has 7 nitrogen and oxygen atoms in total. The summed E-state index contributed by atoms with van der Waals surface area (Å²) in [5.41, 5.74) is 3.37. The molecule has 0 saturated carbocycles. The lowest BCUT2D eigenvalue weighted by Crippen LogP contribution is -2.38. The topological polar surface area (TPSA) is 91.2 Å². The predicted octanol–water partition coefficient (Wildman–Crippen LogP) is 3.01. The van der Waals surface area contributed by atoms with Crippen molar-refractivity contribution < 1.29 is 9.90 Å². The molecule has 2 aliphatic rings. The van der Waals surface area contributed by atoms with Crippen LogP contribution < -0.4 is 5.32 Å². The van der Waals surface area contributed by atoms with Crippen molar-refractivity contribution in [1.82, 2.24) is 19.9 Å². The summed E-state index contributed by atoms with van der Waals surface area (Å²) in [4.78, 5) is 27.1. The summed E-state index contributed by atoms with van der Waals surface area (Å²) in [6.07, 6.45) is 9.00. The lowest BCUT2D eigenvalue weighted by Gasteiger charge is -2.37. The van der Waals surface area contributed by atoms with Gasteiger partial charge in [-0.1, -0.05) is 6.07 Å². The van der Waals surface area contributed by atoms with E-state index in [-0.39, 0.29) is 12.5 Å². The van der Waals surface area contributed by atoms with Crippen LogP contribution in [0.25, 0.3) is 0 Å². The predicted molar refractivity (Wildman–Crippen MR) is 111 cm³/mol. The number of carboxylic acid groups (broad SMARTS) is 1. The molecule has 0 radical (unpaired) electrons. The molecule has 1 fully saturated rings. The fourth-order valence-electron chi connectivity index (χ4n) is 4.44. The first-order valence-corrected chi connectivity index (χ1v) is 10.6. The number of piperidine rings is 1. The molecule has 0 spiro atoms. The van der Waals surface area contributed by atoms with Crippen molar-refractivity contribution in [2.45, 2.75) is 51.5 Å². The number of anilines is 1. The third kappa shape index (κ3) is 4.90. The molecule has 0 aromatic carbocycles. The Morgan fingerprint density at radius 1 is 1.28 bits per heavy atom. The zero-order chi connectivity index (χ0) is 20.2. The number of likely N-dealkylation sites (tertiary alicyclic amines) is 1. The number of fused-ring (bicyclic) bond motifs is 1. The van der Waals surface area contributed by atoms with Crippen molar-refractivity contribution in [1.29, 1.82) is 0 Å². The van der Waals surface area contributed by atoms with E-state index in [1.54, 1.807) is 12.4 Å². The minimum atomic E-state index is -0.788. The number of nitrogens with one attached hydrogen (secondary N) is 1. The molecule has 0 amide bonds. The summed E-state index contributed by atoms with van der Waals surface area (Å²) in [6, 6.07) is 4.23. The maximum atomic E-state index is 11.4. The van der Waals surface area contributed by atoms with E-state index in [0.717, 1.165) is 62.4 Å². The van der Waals surface area contributed by atoms with Crippen LogP contribution >= 0.6 is 0 Å².